The largest absolute Gasteiger partial charge is 0.390 e. The van der Waals surface area contributed by atoms with E-state index in [0.717, 1.165) is 19.3 Å². The first-order valence-electron chi connectivity index (χ1n) is 3.95. The highest BCUT2D eigenvalue weighted by atomic mass is 16.5. The fourth-order valence-corrected chi connectivity index (χ4v) is 1.57. The molecule has 2 nitrogen and oxygen atoms in total. The second-order valence-corrected chi connectivity index (χ2v) is 3.26. The van der Waals surface area contributed by atoms with Crippen LogP contribution in [-0.4, -0.2) is 24.4 Å². The number of rotatable bonds is 1. The van der Waals surface area contributed by atoms with Crippen LogP contribution in [0.4, 0.5) is 0 Å². The van der Waals surface area contributed by atoms with Gasteiger partial charge in [0, 0.05) is 7.11 Å². The third kappa shape index (κ3) is 1.70. The lowest BCUT2D eigenvalue weighted by Gasteiger charge is -2.30. The molecule has 0 aromatic heterocycles. The first-order chi connectivity index (χ1) is 4.74. The smallest absolute Gasteiger partial charge is 0.0832 e. The highest BCUT2D eigenvalue weighted by Crippen LogP contribution is 2.25. The van der Waals surface area contributed by atoms with E-state index in [1.807, 2.05) is 0 Å². The summed E-state index contributed by atoms with van der Waals surface area (Å²) in [6.07, 6.45) is 2.92. The van der Waals surface area contributed by atoms with Crippen LogP contribution in [-0.2, 0) is 4.74 Å². The third-order valence-corrected chi connectivity index (χ3v) is 2.32. The Kier molecular flexibility index (Phi) is 2.69. The molecule has 2 heteroatoms. The van der Waals surface area contributed by atoms with Crippen LogP contribution in [0.5, 0.6) is 0 Å². The molecule has 1 N–H and O–H groups in total. The minimum Gasteiger partial charge on any atom is -0.390 e. The molecule has 0 bridgehead atoms. The van der Waals surface area contributed by atoms with Gasteiger partial charge in [0.05, 0.1) is 12.2 Å². The molecule has 0 unspecified atom stereocenters. The van der Waals surface area contributed by atoms with Crippen LogP contribution < -0.4 is 0 Å². The molecule has 1 aliphatic carbocycles. The van der Waals surface area contributed by atoms with Crippen molar-refractivity contribution in [2.24, 2.45) is 5.92 Å². The molecule has 0 saturated heterocycles. The van der Waals surface area contributed by atoms with Crippen LogP contribution in [0.3, 0.4) is 0 Å². The van der Waals surface area contributed by atoms with Crippen molar-refractivity contribution in [3.63, 3.8) is 0 Å². The van der Waals surface area contributed by atoms with E-state index in [4.69, 9.17) is 4.74 Å². The Morgan fingerprint density at radius 3 is 2.60 bits per heavy atom. The van der Waals surface area contributed by atoms with Gasteiger partial charge in [0.25, 0.3) is 0 Å². The van der Waals surface area contributed by atoms with Crippen molar-refractivity contribution in [3.8, 4) is 0 Å². The minimum atomic E-state index is -0.221. The molecule has 1 rings (SSSR count). The summed E-state index contributed by atoms with van der Waals surface area (Å²) in [5, 5.41) is 9.36. The van der Waals surface area contributed by atoms with Gasteiger partial charge >= 0.3 is 0 Å². The zero-order valence-electron chi connectivity index (χ0n) is 6.71. The second-order valence-electron chi connectivity index (χ2n) is 3.26. The SMILES string of the molecule is CO[C@@H]1C[C@@H](C)CC[C@@H]1O. The number of ether oxygens (including phenoxy) is 1. The van der Waals surface area contributed by atoms with Crippen molar-refractivity contribution in [2.45, 2.75) is 38.4 Å². The Balaban J connectivity index is 2.38. The van der Waals surface area contributed by atoms with Crippen LogP contribution in [0.2, 0.25) is 0 Å². The van der Waals surface area contributed by atoms with E-state index in [1.54, 1.807) is 7.11 Å². The molecular weight excluding hydrogens is 128 g/mol. The predicted molar refractivity (Wildman–Crippen MR) is 39.8 cm³/mol. The number of aliphatic hydroxyl groups is 1. The second kappa shape index (κ2) is 3.35. The molecule has 60 valence electrons. The molecule has 1 saturated carbocycles. The standard InChI is InChI=1S/C8H16O2/c1-6-3-4-7(9)8(5-6)10-2/h6-9H,3-5H2,1-2H3/t6-,7-,8+/m0/s1. The maximum atomic E-state index is 9.36. The highest BCUT2D eigenvalue weighted by molar-refractivity contribution is 4.77. The summed E-state index contributed by atoms with van der Waals surface area (Å²) in [6.45, 7) is 2.21. The van der Waals surface area contributed by atoms with Crippen molar-refractivity contribution < 1.29 is 9.84 Å². The normalized spacial score (nSPS) is 41.7. The molecule has 0 aromatic rings. The molecule has 0 spiro atoms. The summed E-state index contributed by atoms with van der Waals surface area (Å²) >= 11 is 0. The van der Waals surface area contributed by atoms with Crippen molar-refractivity contribution in [1.82, 2.24) is 0 Å². The van der Waals surface area contributed by atoms with Gasteiger partial charge < -0.3 is 9.84 Å². The number of hydrogen-bond acceptors (Lipinski definition) is 2. The zero-order valence-corrected chi connectivity index (χ0v) is 6.71. The van der Waals surface area contributed by atoms with Crippen molar-refractivity contribution in [3.05, 3.63) is 0 Å². The minimum absolute atomic E-state index is 0.0868. The van der Waals surface area contributed by atoms with Crippen LogP contribution in [0, 0.1) is 5.92 Å². The quantitative estimate of drug-likeness (QED) is 0.599. The lowest BCUT2D eigenvalue weighted by molar-refractivity contribution is -0.0481. The van der Waals surface area contributed by atoms with Gasteiger partial charge in [0.1, 0.15) is 0 Å². The van der Waals surface area contributed by atoms with E-state index >= 15 is 0 Å². The van der Waals surface area contributed by atoms with Gasteiger partial charge in [-0.25, -0.2) is 0 Å². The summed E-state index contributed by atoms with van der Waals surface area (Å²) in [4.78, 5) is 0. The van der Waals surface area contributed by atoms with Gasteiger partial charge in [-0.05, 0) is 25.2 Å². The topological polar surface area (TPSA) is 29.5 Å². The Labute approximate surface area is 62.2 Å². The van der Waals surface area contributed by atoms with Crippen LogP contribution in [0.25, 0.3) is 0 Å². The van der Waals surface area contributed by atoms with Gasteiger partial charge in [-0.1, -0.05) is 6.92 Å². The molecule has 0 radical (unpaired) electrons. The monoisotopic (exact) mass is 144 g/mol. The summed E-state index contributed by atoms with van der Waals surface area (Å²) in [7, 11) is 1.67. The van der Waals surface area contributed by atoms with Crippen molar-refractivity contribution in [2.75, 3.05) is 7.11 Å². The Morgan fingerprint density at radius 1 is 1.40 bits per heavy atom. The number of methoxy groups -OCH3 is 1. The molecule has 0 aliphatic heterocycles. The Bertz CT molecular complexity index is 103. The zero-order chi connectivity index (χ0) is 7.56. The lowest BCUT2D eigenvalue weighted by Crippen LogP contribution is -2.34. The van der Waals surface area contributed by atoms with Gasteiger partial charge in [0.2, 0.25) is 0 Å². The number of hydrogen-bond donors (Lipinski definition) is 1. The van der Waals surface area contributed by atoms with Gasteiger partial charge in [-0.3, -0.25) is 0 Å². The maximum absolute atomic E-state index is 9.36. The average molecular weight is 144 g/mol. The highest BCUT2D eigenvalue weighted by Gasteiger charge is 2.26. The van der Waals surface area contributed by atoms with Gasteiger partial charge in [-0.2, -0.15) is 0 Å². The van der Waals surface area contributed by atoms with Crippen LogP contribution in [0.15, 0.2) is 0 Å². The molecular formula is C8H16O2. The molecule has 3 atom stereocenters. The summed E-state index contributed by atoms with van der Waals surface area (Å²) in [6, 6.07) is 0. The summed E-state index contributed by atoms with van der Waals surface area (Å²) in [5.74, 6) is 0.716. The van der Waals surface area contributed by atoms with E-state index < -0.39 is 0 Å². The van der Waals surface area contributed by atoms with Gasteiger partial charge in [-0.15, -0.1) is 0 Å². The molecule has 0 heterocycles. The molecule has 0 amide bonds. The fraction of sp³-hybridized carbons (Fsp3) is 1.00. The summed E-state index contributed by atoms with van der Waals surface area (Å²) in [5.41, 5.74) is 0. The van der Waals surface area contributed by atoms with E-state index in [0.29, 0.717) is 5.92 Å². The van der Waals surface area contributed by atoms with E-state index in [-0.39, 0.29) is 12.2 Å². The Morgan fingerprint density at radius 2 is 2.10 bits per heavy atom. The maximum Gasteiger partial charge on any atom is 0.0832 e. The summed E-state index contributed by atoms with van der Waals surface area (Å²) < 4.78 is 5.12. The first kappa shape index (κ1) is 8.02. The predicted octanol–water partition coefficient (Wildman–Crippen LogP) is 1.18. The third-order valence-electron chi connectivity index (χ3n) is 2.32. The van der Waals surface area contributed by atoms with Crippen molar-refractivity contribution >= 4 is 0 Å². The van der Waals surface area contributed by atoms with Gasteiger partial charge in [0.15, 0.2) is 0 Å². The lowest BCUT2D eigenvalue weighted by atomic mass is 9.87. The fourth-order valence-electron chi connectivity index (χ4n) is 1.57. The molecule has 10 heavy (non-hydrogen) atoms. The van der Waals surface area contributed by atoms with Crippen LogP contribution in [0.1, 0.15) is 26.2 Å². The van der Waals surface area contributed by atoms with Crippen LogP contribution >= 0.6 is 0 Å². The van der Waals surface area contributed by atoms with E-state index in [9.17, 15) is 5.11 Å². The van der Waals surface area contributed by atoms with E-state index in [1.165, 1.54) is 0 Å². The van der Waals surface area contributed by atoms with Crippen molar-refractivity contribution in [1.29, 1.82) is 0 Å². The molecule has 1 aliphatic rings. The molecule has 1 fully saturated rings. The molecule has 0 aromatic carbocycles. The number of aliphatic hydroxyl groups excluding tert-OH is 1. The first-order valence-corrected chi connectivity index (χ1v) is 3.95. The van der Waals surface area contributed by atoms with E-state index in [2.05, 4.69) is 6.92 Å². The Hall–Kier alpha value is -0.0800. The average Bonchev–Trinajstić information content (AvgIpc) is 1.94.